The second-order valence-corrected chi connectivity index (χ2v) is 4.90. The van der Waals surface area contributed by atoms with E-state index in [9.17, 15) is 4.79 Å². The van der Waals surface area contributed by atoms with Crippen LogP contribution in [-0.4, -0.2) is 24.5 Å². The fourth-order valence-corrected chi connectivity index (χ4v) is 1.99. The summed E-state index contributed by atoms with van der Waals surface area (Å²) in [5.41, 5.74) is 1.05. The molecule has 1 aliphatic carbocycles. The summed E-state index contributed by atoms with van der Waals surface area (Å²) >= 11 is 0. The SMILES string of the molecule is C=C(C)CNC(C)C(=O)NC1CCCCC1. The van der Waals surface area contributed by atoms with E-state index in [-0.39, 0.29) is 11.9 Å². The minimum atomic E-state index is -0.126. The van der Waals surface area contributed by atoms with E-state index in [1.165, 1.54) is 19.3 Å². The molecule has 0 aliphatic heterocycles. The molecule has 1 rings (SSSR count). The summed E-state index contributed by atoms with van der Waals surface area (Å²) in [5.74, 6) is 0.119. The molecule has 2 N–H and O–H groups in total. The molecule has 0 heterocycles. The topological polar surface area (TPSA) is 41.1 Å². The summed E-state index contributed by atoms with van der Waals surface area (Å²) in [6.45, 7) is 8.38. The lowest BCUT2D eigenvalue weighted by atomic mass is 9.95. The number of nitrogens with one attached hydrogen (secondary N) is 2. The molecule has 3 nitrogen and oxygen atoms in total. The number of carbonyl (C=O) groups excluding carboxylic acids is 1. The fourth-order valence-electron chi connectivity index (χ4n) is 1.99. The quantitative estimate of drug-likeness (QED) is 0.701. The second-order valence-electron chi connectivity index (χ2n) is 4.90. The van der Waals surface area contributed by atoms with Crippen molar-refractivity contribution in [2.45, 2.75) is 58.0 Å². The molecule has 0 saturated heterocycles. The third-order valence-corrected chi connectivity index (χ3v) is 3.05. The lowest BCUT2D eigenvalue weighted by Gasteiger charge is -2.24. The van der Waals surface area contributed by atoms with E-state index < -0.39 is 0 Å². The molecule has 1 atom stereocenters. The maximum absolute atomic E-state index is 11.8. The Morgan fingerprint density at radius 3 is 2.56 bits per heavy atom. The van der Waals surface area contributed by atoms with Gasteiger partial charge in [-0.2, -0.15) is 0 Å². The van der Waals surface area contributed by atoms with Gasteiger partial charge in [-0.25, -0.2) is 0 Å². The first-order valence-corrected chi connectivity index (χ1v) is 6.27. The number of hydrogen-bond acceptors (Lipinski definition) is 2. The van der Waals surface area contributed by atoms with Crippen LogP contribution < -0.4 is 10.6 Å². The molecular formula is C13H24N2O. The number of amides is 1. The highest BCUT2D eigenvalue weighted by Crippen LogP contribution is 2.17. The molecule has 1 saturated carbocycles. The number of hydrogen-bond donors (Lipinski definition) is 2. The van der Waals surface area contributed by atoms with Crippen LogP contribution in [0.5, 0.6) is 0 Å². The van der Waals surface area contributed by atoms with Crippen LogP contribution in [-0.2, 0) is 4.79 Å². The van der Waals surface area contributed by atoms with Crippen LogP contribution in [0.15, 0.2) is 12.2 Å². The van der Waals surface area contributed by atoms with Gasteiger partial charge in [0.05, 0.1) is 6.04 Å². The summed E-state index contributed by atoms with van der Waals surface area (Å²) in [4.78, 5) is 11.8. The van der Waals surface area contributed by atoms with Gasteiger partial charge in [-0.05, 0) is 26.7 Å². The summed E-state index contributed by atoms with van der Waals surface area (Å²) < 4.78 is 0. The Labute approximate surface area is 98.7 Å². The number of rotatable bonds is 5. The Morgan fingerprint density at radius 1 is 1.38 bits per heavy atom. The molecular weight excluding hydrogens is 200 g/mol. The maximum Gasteiger partial charge on any atom is 0.237 e. The van der Waals surface area contributed by atoms with Gasteiger partial charge in [0.15, 0.2) is 0 Å². The standard InChI is InChI=1S/C13H24N2O/c1-10(2)9-14-11(3)13(16)15-12-7-5-4-6-8-12/h11-12,14H,1,4-9H2,2-3H3,(H,15,16). The Hall–Kier alpha value is -0.830. The summed E-state index contributed by atoms with van der Waals surface area (Å²) in [7, 11) is 0. The Morgan fingerprint density at radius 2 is 2.00 bits per heavy atom. The van der Waals surface area contributed by atoms with Crippen LogP contribution in [0.2, 0.25) is 0 Å². The molecule has 1 amide bonds. The first-order valence-electron chi connectivity index (χ1n) is 6.27. The van der Waals surface area contributed by atoms with E-state index in [1.807, 2.05) is 13.8 Å². The zero-order valence-corrected chi connectivity index (χ0v) is 10.5. The van der Waals surface area contributed by atoms with Crippen molar-refractivity contribution in [2.75, 3.05) is 6.54 Å². The van der Waals surface area contributed by atoms with Crippen molar-refractivity contribution in [3.63, 3.8) is 0 Å². The Kier molecular flexibility index (Phi) is 5.53. The highest BCUT2D eigenvalue weighted by Gasteiger charge is 2.18. The highest BCUT2D eigenvalue weighted by molar-refractivity contribution is 5.81. The van der Waals surface area contributed by atoms with Gasteiger partial charge in [-0.15, -0.1) is 0 Å². The first kappa shape index (κ1) is 13.2. The molecule has 0 aromatic carbocycles. The molecule has 0 bridgehead atoms. The highest BCUT2D eigenvalue weighted by atomic mass is 16.2. The van der Waals surface area contributed by atoms with E-state index in [0.717, 1.165) is 18.4 Å². The van der Waals surface area contributed by atoms with Gasteiger partial charge in [0, 0.05) is 12.6 Å². The summed E-state index contributed by atoms with van der Waals surface area (Å²) in [6, 6.07) is 0.272. The maximum atomic E-state index is 11.8. The largest absolute Gasteiger partial charge is 0.352 e. The monoisotopic (exact) mass is 224 g/mol. The third kappa shape index (κ3) is 4.79. The summed E-state index contributed by atoms with van der Waals surface area (Å²) in [6.07, 6.45) is 6.09. The molecule has 0 spiro atoms. The van der Waals surface area contributed by atoms with E-state index in [2.05, 4.69) is 17.2 Å². The molecule has 1 fully saturated rings. The van der Waals surface area contributed by atoms with Crippen molar-refractivity contribution in [1.82, 2.24) is 10.6 Å². The van der Waals surface area contributed by atoms with Gasteiger partial charge in [0.25, 0.3) is 0 Å². The Balaban J connectivity index is 2.24. The molecule has 1 unspecified atom stereocenters. The van der Waals surface area contributed by atoms with Crippen molar-refractivity contribution in [1.29, 1.82) is 0 Å². The van der Waals surface area contributed by atoms with E-state index in [0.29, 0.717) is 12.6 Å². The second kappa shape index (κ2) is 6.69. The van der Waals surface area contributed by atoms with Crippen LogP contribution in [0.3, 0.4) is 0 Å². The number of carbonyl (C=O) groups is 1. The van der Waals surface area contributed by atoms with Crippen LogP contribution in [0.4, 0.5) is 0 Å². The van der Waals surface area contributed by atoms with Gasteiger partial charge in [0.1, 0.15) is 0 Å². The lowest BCUT2D eigenvalue weighted by molar-refractivity contribution is -0.123. The Bertz CT molecular complexity index is 244. The average Bonchev–Trinajstić information content (AvgIpc) is 2.27. The van der Waals surface area contributed by atoms with Gasteiger partial charge < -0.3 is 10.6 Å². The van der Waals surface area contributed by atoms with E-state index in [1.54, 1.807) is 0 Å². The molecule has 1 aliphatic rings. The van der Waals surface area contributed by atoms with Gasteiger partial charge in [-0.1, -0.05) is 31.4 Å². The molecule has 92 valence electrons. The average molecular weight is 224 g/mol. The predicted octanol–water partition coefficient (Wildman–Crippen LogP) is 1.99. The van der Waals surface area contributed by atoms with Gasteiger partial charge >= 0.3 is 0 Å². The molecule has 16 heavy (non-hydrogen) atoms. The van der Waals surface area contributed by atoms with Gasteiger partial charge in [-0.3, -0.25) is 4.79 Å². The molecule has 3 heteroatoms. The van der Waals surface area contributed by atoms with Crippen molar-refractivity contribution < 1.29 is 4.79 Å². The molecule has 0 aromatic rings. The lowest BCUT2D eigenvalue weighted by Crippen LogP contribution is -2.47. The normalized spacial score (nSPS) is 19.1. The van der Waals surface area contributed by atoms with Crippen molar-refractivity contribution >= 4 is 5.91 Å². The molecule has 0 aromatic heterocycles. The van der Waals surface area contributed by atoms with Crippen LogP contribution in [0.1, 0.15) is 46.0 Å². The third-order valence-electron chi connectivity index (χ3n) is 3.05. The van der Waals surface area contributed by atoms with Gasteiger partial charge in [0.2, 0.25) is 5.91 Å². The minimum Gasteiger partial charge on any atom is -0.352 e. The van der Waals surface area contributed by atoms with E-state index in [4.69, 9.17) is 0 Å². The van der Waals surface area contributed by atoms with Crippen LogP contribution in [0, 0.1) is 0 Å². The van der Waals surface area contributed by atoms with Crippen LogP contribution >= 0.6 is 0 Å². The van der Waals surface area contributed by atoms with E-state index >= 15 is 0 Å². The van der Waals surface area contributed by atoms with Crippen molar-refractivity contribution in [2.24, 2.45) is 0 Å². The fraction of sp³-hybridized carbons (Fsp3) is 0.769. The smallest absolute Gasteiger partial charge is 0.237 e. The van der Waals surface area contributed by atoms with Crippen LogP contribution in [0.25, 0.3) is 0 Å². The van der Waals surface area contributed by atoms with Crippen molar-refractivity contribution in [3.8, 4) is 0 Å². The minimum absolute atomic E-state index is 0.119. The summed E-state index contributed by atoms with van der Waals surface area (Å²) in [5, 5.41) is 6.27. The van der Waals surface area contributed by atoms with Crippen molar-refractivity contribution in [3.05, 3.63) is 12.2 Å². The predicted molar refractivity (Wildman–Crippen MR) is 67.3 cm³/mol. The first-order chi connectivity index (χ1) is 7.59. The molecule has 0 radical (unpaired) electrons. The zero-order valence-electron chi connectivity index (χ0n) is 10.5. The zero-order chi connectivity index (χ0) is 12.0.